The summed E-state index contributed by atoms with van der Waals surface area (Å²) in [6.45, 7) is 3.29. The van der Waals surface area contributed by atoms with E-state index in [0.717, 1.165) is 29.8 Å². The first-order chi connectivity index (χ1) is 16.3. The van der Waals surface area contributed by atoms with Crippen molar-refractivity contribution in [1.82, 2.24) is 20.1 Å². The van der Waals surface area contributed by atoms with Gasteiger partial charge in [0.05, 0.1) is 34.8 Å². The van der Waals surface area contributed by atoms with E-state index < -0.39 is 17.9 Å². The Morgan fingerprint density at radius 2 is 1.85 bits per heavy atom. The molecular formula is C25H28ClN5O3. The van der Waals surface area contributed by atoms with Crippen molar-refractivity contribution in [3.63, 3.8) is 0 Å². The molecule has 1 aromatic carbocycles. The van der Waals surface area contributed by atoms with Crippen molar-refractivity contribution in [1.29, 1.82) is 0 Å². The van der Waals surface area contributed by atoms with E-state index in [-0.39, 0.29) is 6.04 Å². The van der Waals surface area contributed by atoms with Crippen molar-refractivity contribution >= 4 is 29.2 Å². The standard InChI is InChI=1S/C25H28ClN5O3/c1-15-21(26)14-31(30-15)22-12-11-20(13-27-22)29-23(17-5-3-4-6-17)18-7-9-19(10-8-18)24(32)28-16(2)25(33)34/h7-14,16-17,23,29H,3-6H2,1-2H3,(H,28,32)(H,33,34). The van der Waals surface area contributed by atoms with Crippen molar-refractivity contribution in [2.75, 3.05) is 5.32 Å². The van der Waals surface area contributed by atoms with Gasteiger partial charge in [-0.25, -0.2) is 9.67 Å². The fourth-order valence-corrected chi connectivity index (χ4v) is 4.42. The second-order valence-electron chi connectivity index (χ2n) is 8.73. The van der Waals surface area contributed by atoms with Crippen LogP contribution in [0.1, 0.15) is 60.3 Å². The van der Waals surface area contributed by atoms with Crippen molar-refractivity contribution in [3.05, 3.63) is 70.6 Å². The van der Waals surface area contributed by atoms with Crippen molar-refractivity contribution in [2.45, 2.75) is 51.6 Å². The highest BCUT2D eigenvalue weighted by Gasteiger charge is 2.27. The van der Waals surface area contributed by atoms with Gasteiger partial charge in [0.25, 0.3) is 5.91 Å². The van der Waals surface area contributed by atoms with Crippen LogP contribution in [0, 0.1) is 12.8 Å². The first-order valence-corrected chi connectivity index (χ1v) is 11.8. The number of pyridine rings is 1. The third-order valence-corrected chi connectivity index (χ3v) is 6.64. The molecule has 0 aliphatic heterocycles. The van der Waals surface area contributed by atoms with Crippen LogP contribution in [0.25, 0.3) is 5.82 Å². The van der Waals surface area contributed by atoms with E-state index in [1.54, 1.807) is 29.2 Å². The summed E-state index contributed by atoms with van der Waals surface area (Å²) in [6.07, 6.45) is 8.19. The Kier molecular flexibility index (Phi) is 7.17. The average Bonchev–Trinajstić information content (AvgIpc) is 3.48. The number of carboxylic acid groups (broad SMARTS) is 1. The molecule has 0 saturated heterocycles. The molecule has 1 amide bonds. The van der Waals surface area contributed by atoms with Gasteiger partial charge in [-0.3, -0.25) is 9.59 Å². The lowest BCUT2D eigenvalue weighted by Crippen LogP contribution is -2.38. The summed E-state index contributed by atoms with van der Waals surface area (Å²) in [5.41, 5.74) is 3.16. The van der Waals surface area contributed by atoms with Gasteiger partial charge < -0.3 is 15.7 Å². The van der Waals surface area contributed by atoms with Crippen LogP contribution in [0.3, 0.4) is 0 Å². The number of amides is 1. The number of anilines is 1. The van der Waals surface area contributed by atoms with Gasteiger partial charge in [-0.05, 0) is 62.4 Å². The summed E-state index contributed by atoms with van der Waals surface area (Å²) in [7, 11) is 0. The van der Waals surface area contributed by atoms with E-state index in [2.05, 4.69) is 20.7 Å². The quantitative estimate of drug-likeness (QED) is 0.427. The molecule has 8 nitrogen and oxygen atoms in total. The third-order valence-electron chi connectivity index (χ3n) is 6.27. The number of nitrogens with zero attached hydrogens (tertiary/aromatic N) is 3. The summed E-state index contributed by atoms with van der Waals surface area (Å²) >= 11 is 6.11. The highest BCUT2D eigenvalue weighted by atomic mass is 35.5. The van der Waals surface area contributed by atoms with Gasteiger partial charge in [0.2, 0.25) is 0 Å². The summed E-state index contributed by atoms with van der Waals surface area (Å²) in [5.74, 6) is -0.315. The van der Waals surface area contributed by atoms with Crippen LogP contribution >= 0.6 is 11.6 Å². The Bertz CT molecular complexity index is 1130. The molecule has 9 heteroatoms. The Labute approximate surface area is 203 Å². The molecule has 1 aliphatic carbocycles. The van der Waals surface area contributed by atoms with Crippen LogP contribution in [-0.4, -0.2) is 37.8 Å². The predicted molar refractivity (Wildman–Crippen MR) is 130 cm³/mol. The fourth-order valence-electron chi connectivity index (χ4n) is 4.29. The minimum atomic E-state index is -1.07. The number of hydrogen-bond donors (Lipinski definition) is 3. The smallest absolute Gasteiger partial charge is 0.325 e. The van der Waals surface area contributed by atoms with Gasteiger partial charge >= 0.3 is 5.97 Å². The van der Waals surface area contributed by atoms with E-state index in [0.29, 0.717) is 22.3 Å². The minimum absolute atomic E-state index is 0.0756. The zero-order valence-electron chi connectivity index (χ0n) is 19.2. The normalized spacial score (nSPS) is 15.6. The molecule has 0 radical (unpaired) electrons. The van der Waals surface area contributed by atoms with Gasteiger partial charge in [0, 0.05) is 5.56 Å². The monoisotopic (exact) mass is 481 g/mol. The topological polar surface area (TPSA) is 109 Å². The van der Waals surface area contributed by atoms with Crippen LogP contribution < -0.4 is 10.6 Å². The summed E-state index contributed by atoms with van der Waals surface area (Å²) in [6, 6.07) is 10.4. The Morgan fingerprint density at radius 1 is 1.15 bits per heavy atom. The lowest BCUT2D eigenvalue weighted by Gasteiger charge is -2.26. The van der Waals surface area contributed by atoms with Crippen molar-refractivity contribution in [2.24, 2.45) is 5.92 Å². The van der Waals surface area contributed by atoms with Crippen molar-refractivity contribution < 1.29 is 14.7 Å². The lowest BCUT2D eigenvalue weighted by atomic mass is 9.91. The largest absolute Gasteiger partial charge is 0.480 e. The number of carboxylic acids is 1. The van der Waals surface area contributed by atoms with Crippen LogP contribution in [0.5, 0.6) is 0 Å². The molecule has 34 heavy (non-hydrogen) atoms. The van der Waals surface area contributed by atoms with E-state index in [1.807, 2.05) is 31.2 Å². The molecule has 3 N–H and O–H groups in total. The number of aryl methyl sites for hydroxylation is 1. The molecule has 1 aliphatic rings. The number of nitrogens with one attached hydrogen (secondary N) is 2. The number of rotatable bonds is 8. The Hall–Kier alpha value is -3.39. The van der Waals surface area contributed by atoms with E-state index >= 15 is 0 Å². The molecule has 1 fully saturated rings. The predicted octanol–water partition coefficient (Wildman–Crippen LogP) is 4.78. The maximum absolute atomic E-state index is 12.3. The number of aliphatic carboxylic acids is 1. The lowest BCUT2D eigenvalue weighted by molar-refractivity contribution is -0.138. The van der Waals surface area contributed by atoms with Crippen LogP contribution in [0.2, 0.25) is 5.02 Å². The first-order valence-electron chi connectivity index (χ1n) is 11.4. The molecule has 0 spiro atoms. The van der Waals surface area contributed by atoms with Gasteiger partial charge in [-0.1, -0.05) is 36.6 Å². The second kappa shape index (κ2) is 10.3. The van der Waals surface area contributed by atoms with Gasteiger partial charge in [-0.2, -0.15) is 5.10 Å². The molecule has 2 heterocycles. The molecule has 0 bridgehead atoms. The van der Waals surface area contributed by atoms with Crippen LogP contribution in [0.15, 0.2) is 48.8 Å². The van der Waals surface area contributed by atoms with Crippen molar-refractivity contribution in [3.8, 4) is 5.82 Å². The molecule has 1 saturated carbocycles. The summed E-state index contributed by atoms with van der Waals surface area (Å²) in [5, 5.41) is 20.1. The number of halogens is 1. The molecular weight excluding hydrogens is 454 g/mol. The van der Waals surface area contributed by atoms with E-state index in [9.17, 15) is 9.59 Å². The SMILES string of the molecule is Cc1nn(-c2ccc(NC(c3ccc(C(=O)NC(C)C(=O)O)cc3)C3CCCC3)cn2)cc1Cl. The van der Waals surface area contributed by atoms with Gasteiger partial charge in [0.15, 0.2) is 5.82 Å². The number of aromatic nitrogens is 3. The highest BCUT2D eigenvalue weighted by molar-refractivity contribution is 6.31. The molecule has 4 rings (SSSR count). The summed E-state index contributed by atoms with van der Waals surface area (Å²) < 4.78 is 1.66. The van der Waals surface area contributed by atoms with E-state index in [4.69, 9.17) is 16.7 Å². The maximum atomic E-state index is 12.3. The number of carbonyl (C=O) groups excluding carboxylic acids is 1. The molecule has 2 aromatic heterocycles. The van der Waals surface area contributed by atoms with Crippen LogP contribution in [0.4, 0.5) is 5.69 Å². The number of benzene rings is 1. The first kappa shape index (κ1) is 23.8. The summed E-state index contributed by atoms with van der Waals surface area (Å²) in [4.78, 5) is 27.9. The number of carbonyl (C=O) groups is 2. The minimum Gasteiger partial charge on any atom is -0.480 e. The Balaban J connectivity index is 1.51. The second-order valence-corrected chi connectivity index (χ2v) is 9.14. The van der Waals surface area contributed by atoms with Gasteiger partial charge in [-0.15, -0.1) is 0 Å². The number of hydrogen-bond acceptors (Lipinski definition) is 5. The third kappa shape index (κ3) is 5.39. The van der Waals surface area contributed by atoms with Crippen LogP contribution in [-0.2, 0) is 4.79 Å². The molecule has 178 valence electrons. The maximum Gasteiger partial charge on any atom is 0.325 e. The molecule has 3 aromatic rings. The molecule has 2 atom stereocenters. The Morgan fingerprint density at radius 3 is 2.41 bits per heavy atom. The van der Waals surface area contributed by atoms with E-state index in [1.165, 1.54) is 19.8 Å². The van der Waals surface area contributed by atoms with Gasteiger partial charge in [0.1, 0.15) is 6.04 Å². The average molecular weight is 482 g/mol. The fraction of sp³-hybridized carbons (Fsp3) is 0.360. The zero-order chi connectivity index (χ0) is 24.2. The highest BCUT2D eigenvalue weighted by Crippen LogP contribution is 2.38. The zero-order valence-corrected chi connectivity index (χ0v) is 19.9. The molecule has 2 unspecified atom stereocenters.